The average molecular weight is 180 g/mol. The fraction of sp³-hybridized carbons (Fsp3) is 0.455. The fourth-order valence-electron chi connectivity index (χ4n) is 1.13. The molecule has 1 aromatic carbocycles. The molecule has 13 heavy (non-hydrogen) atoms. The van der Waals surface area contributed by atoms with Gasteiger partial charge in [0.25, 0.3) is 0 Å². The van der Waals surface area contributed by atoms with Crippen LogP contribution in [0.4, 0.5) is 0 Å². The van der Waals surface area contributed by atoms with Crippen LogP contribution in [0.1, 0.15) is 6.99 Å². The van der Waals surface area contributed by atoms with Crippen LogP contribution >= 0.6 is 0 Å². The van der Waals surface area contributed by atoms with Crippen molar-refractivity contribution in [2.24, 2.45) is 0 Å². The van der Waals surface area contributed by atoms with E-state index in [1.807, 2.05) is 6.07 Å². The summed E-state index contributed by atoms with van der Waals surface area (Å²) in [6.07, 6.45) is 0. The zero-order valence-corrected chi connectivity index (χ0v) is 8.46. The first-order chi connectivity index (χ1) is 6.29. The summed E-state index contributed by atoms with van der Waals surface area (Å²) in [6.45, 7) is 3.10. The number of benzene rings is 1. The average Bonchev–Trinajstić information content (AvgIpc) is 2.14. The van der Waals surface area contributed by atoms with Crippen molar-refractivity contribution in [2.45, 2.75) is 6.54 Å². The molecule has 0 radical (unpaired) electrons. The molecule has 0 aliphatic heterocycles. The quantitative estimate of drug-likeness (QED) is 0.692. The number of rotatable bonds is 5. The van der Waals surface area contributed by atoms with Crippen molar-refractivity contribution in [2.75, 3.05) is 27.2 Å². The minimum atomic E-state index is 0. The first kappa shape index (κ1) is 10.2. The third-order valence-electron chi connectivity index (χ3n) is 1.91. The molecule has 0 fully saturated rings. The molecule has 0 aliphatic rings. The van der Waals surface area contributed by atoms with Gasteiger partial charge in [-0.15, -0.1) is 0 Å². The van der Waals surface area contributed by atoms with E-state index >= 15 is 0 Å². The van der Waals surface area contributed by atoms with Gasteiger partial charge < -0.3 is 10.2 Å². The summed E-state index contributed by atoms with van der Waals surface area (Å²) >= 11 is 0. The summed E-state index contributed by atoms with van der Waals surface area (Å²) in [6, 6.07) is 10.5. The van der Waals surface area contributed by atoms with E-state index in [0.717, 1.165) is 19.6 Å². The number of nitrogens with zero attached hydrogens (tertiary/aromatic N) is 1. The number of hydrogen-bond acceptors (Lipinski definition) is 2. The molecule has 1 aromatic rings. The Labute approximate surface area is 82.1 Å². The minimum Gasteiger partial charge on any atom is -0.311 e. The summed E-state index contributed by atoms with van der Waals surface area (Å²) in [4.78, 5) is 2.18. The monoisotopic (exact) mass is 180 g/mol. The van der Waals surface area contributed by atoms with E-state index in [4.69, 9.17) is 0 Å². The van der Waals surface area contributed by atoms with Crippen LogP contribution in [0.2, 0.25) is 0 Å². The maximum atomic E-state index is 3.39. The summed E-state index contributed by atoms with van der Waals surface area (Å²) in [5.74, 6) is 0. The van der Waals surface area contributed by atoms with Crippen molar-refractivity contribution < 1.29 is 1.43 Å². The molecule has 2 nitrogen and oxygen atoms in total. The maximum Gasteiger partial charge on any atom is 0.0206 e. The Bertz CT molecular complexity index is 224. The lowest BCUT2D eigenvalue weighted by Gasteiger charge is -2.10. The van der Waals surface area contributed by atoms with Crippen LogP contribution in [0.25, 0.3) is 0 Å². The highest BCUT2D eigenvalue weighted by Gasteiger charge is 1.91. The van der Waals surface area contributed by atoms with Crippen molar-refractivity contribution in [3.05, 3.63) is 35.9 Å². The van der Waals surface area contributed by atoms with Crippen LogP contribution in [0.5, 0.6) is 0 Å². The van der Waals surface area contributed by atoms with E-state index in [-0.39, 0.29) is 1.43 Å². The van der Waals surface area contributed by atoms with Gasteiger partial charge in [-0.2, -0.15) is 0 Å². The van der Waals surface area contributed by atoms with Crippen LogP contribution < -0.4 is 5.32 Å². The van der Waals surface area contributed by atoms with E-state index in [1.54, 1.807) is 0 Å². The molecule has 0 unspecified atom stereocenters. The van der Waals surface area contributed by atoms with Gasteiger partial charge in [-0.05, 0) is 19.7 Å². The molecular weight excluding hydrogens is 160 g/mol. The lowest BCUT2D eigenvalue weighted by molar-refractivity contribution is 0.400. The Kier molecular flexibility index (Phi) is 4.50. The Morgan fingerprint density at radius 2 is 1.92 bits per heavy atom. The van der Waals surface area contributed by atoms with Gasteiger partial charge in [0.05, 0.1) is 0 Å². The van der Waals surface area contributed by atoms with E-state index in [2.05, 4.69) is 48.6 Å². The summed E-state index contributed by atoms with van der Waals surface area (Å²) in [5, 5.41) is 3.39. The smallest absolute Gasteiger partial charge is 0.0206 e. The molecule has 1 rings (SSSR count). The highest BCUT2D eigenvalue weighted by atomic mass is 15.1. The molecular formula is C11H20N2. The Morgan fingerprint density at radius 1 is 1.23 bits per heavy atom. The predicted octanol–water partition coefficient (Wildman–Crippen LogP) is 1.58. The zero-order valence-electron chi connectivity index (χ0n) is 8.46. The van der Waals surface area contributed by atoms with Crippen LogP contribution in [0, 0.1) is 0 Å². The second kappa shape index (κ2) is 5.73. The van der Waals surface area contributed by atoms with Crippen molar-refractivity contribution >= 4 is 0 Å². The van der Waals surface area contributed by atoms with Gasteiger partial charge in [0.1, 0.15) is 0 Å². The van der Waals surface area contributed by atoms with E-state index < -0.39 is 0 Å². The molecule has 2 heteroatoms. The van der Waals surface area contributed by atoms with Crippen LogP contribution in [0.15, 0.2) is 30.3 Å². The summed E-state index contributed by atoms with van der Waals surface area (Å²) in [5.41, 5.74) is 1.35. The van der Waals surface area contributed by atoms with Gasteiger partial charge in [0, 0.05) is 21.1 Å². The van der Waals surface area contributed by atoms with E-state index in [0.29, 0.717) is 0 Å². The van der Waals surface area contributed by atoms with Gasteiger partial charge in [-0.3, -0.25) is 0 Å². The van der Waals surface area contributed by atoms with Crippen LogP contribution in [0.3, 0.4) is 0 Å². The fourth-order valence-corrected chi connectivity index (χ4v) is 1.13. The van der Waals surface area contributed by atoms with Crippen molar-refractivity contribution in [1.82, 2.24) is 10.2 Å². The van der Waals surface area contributed by atoms with E-state index in [1.165, 1.54) is 5.56 Å². The second-order valence-corrected chi connectivity index (χ2v) is 3.47. The SMILES string of the molecule is CN(C)CCNCc1ccccc1.[HH]. The lowest BCUT2D eigenvalue weighted by Crippen LogP contribution is -2.26. The number of nitrogens with one attached hydrogen (secondary N) is 1. The van der Waals surface area contributed by atoms with Crippen molar-refractivity contribution in [3.63, 3.8) is 0 Å². The maximum absolute atomic E-state index is 3.39. The van der Waals surface area contributed by atoms with Crippen molar-refractivity contribution in [1.29, 1.82) is 0 Å². The van der Waals surface area contributed by atoms with Crippen LogP contribution in [-0.2, 0) is 6.54 Å². The van der Waals surface area contributed by atoms with Crippen molar-refractivity contribution in [3.8, 4) is 0 Å². The van der Waals surface area contributed by atoms with Crippen LogP contribution in [-0.4, -0.2) is 32.1 Å². The number of likely N-dealkylation sites (N-methyl/N-ethyl adjacent to an activating group) is 1. The largest absolute Gasteiger partial charge is 0.311 e. The first-order valence-corrected chi connectivity index (χ1v) is 4.68. The predicted molar refractivity (Wildman–Crippen MR) is 58.8 cm³/mol. The Hall–Kier alpha value is -0.860. The molecule has 0 aliphatic carbocycles. The first-order valence-electron chi connectivity index (χ1n) is 4.68. The minimum absolute atomic E-state index is 0. The molecule has 74 valence electrons. The molecule has 0 amide bonds. The van der Waals surface area contributed by atoms with Gasteiger partial charge in [-0.1, -0.05) is 30.3 Å². The molecule has 1 N–H and O–H groups in total. The highest BCUT2D eigenvalue weighted by molar-refractivity contribution is 5.14. The molecule has 0 saturated carbocycles. The number of hydrogen-bond donors (Lipinski definition) is 1. The molecule has 0 atom stereocenters. The third kappa shape index (κ3) is 4.65. The second-order valence-electron chi connectivity index (χ2n) is 3.47. The lowest BCUT2D eigenvalue weighted by atomic mass is 10.2. The van der Waals surface area contributed by atoms with Gasteiger partial charge in [0.15, 0.2) is 0 Å². The van der Waals surface area contributed by atoms with E-state index in [9.17, 15) is 0 Å². The van der Waals surface area contributed by atoms with Gasteiger partial charge in [0.2, 0.25) is 0 Å². The normalized spacial score (nSPS) is 10.7. The Morgan fingerprint density at radius 3 is 2.54 bits per heavy atom. The summed E-state index contributed by atoms with van der Waals surface area (Å²) < 4.78 is 0. The summed E-state index contributed by atoms with van der Waals surface area (Å²) in [7, 11) is 4.17. The highest BCUT2D eigenvalue weighted by Crippen LogP contribution is 1.96. The standard InChI is InChI=1S/C11H18N2.H2/c1-13(2)9-8-12-10-11-6-4-3-5-7-11;/h3-7,12H,8-10H2,1-2H3;1H. The van der Waals surface area contributed by atoms with Gasteiger partial charge in [-0.25, -0.2) is 0 Å². The molecule has 0 heterocycles. The molecule has 0 aromatic heterocycles. The zero-order chi connectivity index (χ0) is 9.52. The topological polar surface area (TPSA) is 15.3 Å². The molecule has 0 saturated heterocycles. The molecule has 0 spiro atoms. The molecule has 0 bridgehead atoms. The Balaban J connectivity index is 0.00000169. The van der Waals surface area contributed by atoms with Gasteiger partial charge >= 0.3 is 0 Å². The third-order valence-corrected chi connectivity index (χ3v) is 1.91.